The van der Waals surface area contributed by atoms with Crippen LogP contribution in [0, 0.1) is 6.92 Å². The highest BCUT2D eigenvalue weighted by atomic mass is 19.4. The number of nitrogens with zero attached hydrogens (tertiary/aromatic N) is 1. The minimum atomic E-state index is -6.06. The molecule has 2 aromatic carbocycles. The molecule has 1 aliphatic heterocycles. The van der Waals surface area contributed by atoms with Gasteiger partial charge in [0.25, 0.3) is 5.60 Å². The summed E-state index contributed by atoms with van der Waals surface area (Å²) in [5.41, 5.74) is -7.15. The number of amides is 1. The fourth-order valence-corrected chi connectivity index (χ4v) is 4.52. The third-order valence-corrected chi connectivity index (χ3v) is 6.85. The Morgan fingerprint density at radius 2 is 1.57 bits per heavy atom. The lowest BCUT2D eigenvalue weighted by Crippen LogP contribution is -2.53. The van der Waals surface area contributed by atoms with Crippen molar-refractivity contribution in [3.05, 3.63) is 71.3 Å². The largest absolute Gasteiger partial charge is 0.586 e. The highest BCUT2D eigenvalue weighted by molar-refractivity contribution is 6.01. The van der Waals surface area contributed by atoms with Crippen LogP contribution in [0.3, 0.4) is 0 Å². The average molecular weight is 574 g/mol. The molecule has 1 fully saturated rings. The second kappa shape index (κ2) is 8.78. The number of aliphatic hydroxyl groups is 1. The molecule has 14 heteroatoms. The number of fused-ring (bicyclic) bond motifs is 1. The molecule has 0 spiro atoms. The number of carbonyl (C=O) groups excluding carboxylic acids is 1. The van der Waals surface area contributed by atoms with Gasteiger partial charge in [0.2, 0.25) is 5.91 Å². The molecule has 0 radical (unpaired) electrons. The molecule has 1 saturated carbocycles. The van der Waals surface area contributed by atoms with Crippen molar-refractivity contribution >= 4 is 11.7 Å². The van der Waals surface area contributed by atoms with E-state index in [0.717, 1.165) is 6.07 Å². The van der Waals surface area contributed by atoms with E-state index >= 15 is 0 Å². The number of aromatic nitrogens is 1. The lowest BCUT2D eigenvalue weighted by molar-refractivity contribution is -0.376. The lowest BCUT2D eigenvalue weighted by atomic mass is 9.90. The molecule has 0 unspecified atom stereocenters. The van der Waals surface area contributed by atoms with Crippen LogP contribution in [0.2, 0.25) is 0 Å². The minimum Gasteiger partial charge on any atom is -0.395 e. The van der Waals surface area contributed by atoms with E-state index in [-0.39, 0.29) is 28.6 Å². The van der Waals surface area contributed by atoms with E-state index in [4.69, 9.17) is 0 Å². The molecule has 212 valence electrons. The maximum Gasteiger partial charge on any atom is 0.586 e. The van der Waals surface area contributed by atoms with E-state index < -0.39 is 41.1 Å². The summed E-state index contributed by atoms with van der Waals surface area (Å²) in [7, 11) is 0. The standard InChI is InChI=1S/C26H18F8N2O4/c1-13-5-8-19(35-20(13)14-3-2-4-16(11-14)23(38,24(27,28)29)25(30,31)32)36-21(37)22(9-10-22)15-6-7-17-18(12-15)40-26(33,34)39-17/h2-8,11-12,38H,9-10H2,1H3,(H,35,36,37). The molecule has 3 aromatic rings. The molecule has 1 amide bonds. The van der Waals surface area contributed by atoms with Gasteiger partial charge in [-0.15, -0.1) is 8.78 Å². The Morgan fingerprint density at radius 1 is 0.925 bits per heavy atom. The first-order chi connectivity index (χ1) is 18.5. The van der Waals surface area contributed by atoms with Crippen molar-refractivity contribution in [1.29, 1.82) is 0 Å². The highest BCUT2D eigenvalue weighted by Crippen LogP contribution is 2.53. The van der Waals surface area contributed by atoms with Gasteiger partial charge in [-0.25, -0.2) is 4.98 Å². The number of anilines is 1. The summed E-state index contributed by atoms with van der Waals surface area (Å²) in [4.78, 5) is 17.4. The van der Waals surface area contributed by atoms with Crippen LogP contribution in [-0.2, 0) is 15.8 Å². The highest BCUT2D eigenvalue weighted by Gasteiger charge is 2.71. The van der Waals surface area contributed by atoms with E-state index in [1.165, 1.54) is 43.3 Å². The van der Waals surface area contributed by atoms with Crippen molar-refractivity contribution < 1.29 is 54.5 Å². The fraction of sp³-hybridized carbons (Fsp3) is 0.308. The third kappa shape index (κ3) is 4.49. The quantitative estimate of drug-likeness (QED) is 0.347. The minimum absolute atomic E-state index is 0.0403. The lowest BCUT2D eigenvalue weighted by Gasteiger charge is -2.32. The third-order valence-electron chi connectivity index (χ3n) is 6.85. The van der Waals surface area contributed by atoms with Gasteiger partial charge in [-0.2, -0.15) is 26.3 Å². The molecule has 2 N–H and O–H groups in total. The van der Waals surface area contributed by atoms with Gasteiger partial charge in [-0.05, 0) is 55.2 Å². The van der Waals surface area contributed by atoms with Crippen molar-refractivity contribution in [3.8, 4) is 22.8 Å². The topological polar surface area (TPSA) is 80.7 Å². The van der Waals surface area contributed by atoms with E-state index in [1.54, 1.807) is 0 Å². The molecule has 0 atom stereocenters. The number of halogens is 8. The summed E-state index contributed by atoms with van der Waals surface area (Å²) < 4.78 is 116. The van der Waals surface area contributed by atoms with Crippen LogP contribution in [0.15, 0.2) is 54.6 Å². The Balaban J connectivity index is 1.44. The van der Waals surface area contributed by atoms with E-state index in [9.17, 15) is 45.0 Å². The summed E-state index contributed by atoms with van der Waals surface area (Å²) in [6.45, 7) is 1.51. The fourth-order valence-electron chi connectivity index (χ4n) is 4.52. The van der Waals surface area contributed by atoms with Crippen LogP contribution in [0.1, 0.15) is 29.5 Å². The molecule has 0 saturated heterocycles. The summed E-state index contributed by atoms with van der Waals surface area (Å²) in [5, 5.41) is 12.4. The predicted octanol–water partition coefficient (Wildman–Crippen LogP) is 6.36. The number of nitrogens with one attached hydrogen (secondary N) is 1. The number of aryl methyl sites for hydroxylation is 1. The molecule has 1 aromatic heterocycles. The number of carbonyl (C=O) groups is 1. The number of rotatable bonds is 5. The van der Waals surface area contributed by atoms with Gasteiger partial charge < -0.3 is 19.9 Å². The van der Waals surface area contributed by atoms with Gasteiger partial charge in [-0.1, -0.05) is 30.3 Å². The van der Waals surface area contributed by atoms with E-state index in [2.05, 4.69) is 19.8 Å². The Morgan fingerprint density at radius 3 is 2.20 bits per heavy atom. The maximum absolute atomic E-state index is 13.4. The van der Waals surface area contributed by atoms with Crippen molar-refractivity contribution in [2.24, 2.45) is 0 Å². The number of benzene rings is 2. The Labute approximate surface area is 220 Å². The summed E-state index contributed by atoms with van der Waals surface area (Å²) in [6, 6.07) is 9.96. The second-order valence-corrected chi connectivity index (χ2v) is 9.51. The van der Waals surface area contributed by atoms with Gasteiger partial charge in [0, 0.05) is 11.1 Å². The first kappa shape index (κ1) is 27.6. The van der Waals surface area contributed by atoms with Gasteiger partial charge in [0.1, 0.15) is 5.82 Å². The maximum atomic E-state index is 13.4. The Bertz CT molecular complexity index is 1480. The zero-order valence-electron chi connectivity index (χ0n) is 20.3. The van der Waals surface area contributed by atoms with Crippen LogP contribution in [-0.4, -0.2) is 34.6 Å². The monoisotopic (exact) mass is 574 g/mol. The van der Waals surface area contributed by atoms with Crippen LogP contribution < -0.4 is 14.8 Å². The van der Waals surface area contributed by atoms with Gasteiger partial charge in [0.05, 0.1) is 11.1 Å². The number of ether oxygens (including phenoxy) is 2. The van der Waals surface area contributed by atoms with Crippen LogP contribution in [0.25, 0.3) is 11.3 Å². The summed E-state index contributed by atoms with van der Waals surface area (Å²) in [5.74, 6) is -1.05. The second-order valence-electron chi connectivity index (χ2n) is 9.51. The van der Waals surface area contributed by atoms with Crippen LogP contribution >= 0.6 is 0 Å². The Kier molecular flexibility index (Phi) is 6.06. The SMILES string of the molecule is Cc1ccc(NC(=O)C2(c3ccc4c(c3)OC(F)(F)O4)CC2)nc1-c1cccc(C(O)(C(F)(F)F)C(F)(F)F)c1. The first-order valence-corrected chi connectivity index (χ1v) is 11.6. The number of pyridine rings is 1. The molecule has 40 heavy (non-hydrogen) atoms. The van der Waals surface area contributed by atoms with Gasteiger partial charge in [0.15, 0.2) is 11.5 Å². The van der Waals surface area contributed by atoms with Crippen LogP contribution in [0.4, 0.5) is 40.9 Å². The molecule has 2 aliphatic rings. The van der Waals surface area contributed by atoms with E-state index in [0.29, 0.717) is 36.1 Å². The average Bonchev–Trinajstić information content (AvgIpc) is 3.60. The van der Waals surface area contributed by atoms with E-state index in [1.807, 2.05) is 0 Å². The van der Waals surface area contributed by atoms with Crippen molar-refractivity contribution in [3.63, 3.8) is 0 Å². The van der Waals surface area contributed by atoms with Gasteiger partial charge >= 0.3 is 18.6 Å². The number of hydrogen-bond acceptors (Lipinski definition) is 5. The molecule has 0 bridgehead atoms. The van der Waals surface area contributed by atoms with Crippen molar-refractivity contribution in [1.82, 2.24) is 4.98 Å². The van der Waals surface area contributed by atoms with Crippen LogP contribution in [0.5, 0.6) is 11.5 Å². The molecule has 5 rings (SSSR count). The normalized spacial score (nSPS) is 17.4. The molecule has 6 nitrogen and oxygen atoms in total. The van der Waals surface area contributed by atoms with Crippen molar-refractivity contribution in [2.45, 2.75) is 49.4 Å². The number of hydrogen-bond donors (Lipinski definition) is 2. The molecule has 1 aliphatic carbocycles. The molecule has 2 heterocycles. The number of alkyl halides is 8. The zero-order valence-corrected chi connectivity index (χ0v) is 20.3. The predicted molar refractivity (Wildman–Crippen MR) is 123 cm³/mol. The summed E-state index contributed by atoms with van der Waals surface area (Å²) >= 11 is 0. The summed E-state index contributed by atoms with van der Waals surface area (Å²) in [6.07, 6.45) is -15.2. The zero-order chi connectivity index (χ0) is 29.3. The molecular formula is C26H18F8N2O4. The first-order valence-electron chi connectivity index (χ1n) is 11.6. The van der Waals surface area contributed by atoms with Crippen molar-refractivity contribution in [2.75, 3.05) is 5.32 Å². The molecular weight excluding hydrogens is 556 g/mol. The van der Waals surface area contributed by atoms with Gasteiger partial charge in [-0.3, -0.25) is 4.79 Å². The Hall–Kier alpha value is -3.94. The smallest absolute Gasteiger partial charge is 0.395 e.